The molecule has 0 bridgehead atoms. The van der Waals surface area contributed by atoms with E-state index in [0.717, 1.165) is 10.9 Å². The second kappa shape index (κ2) is 6.91. The summed E-state index contributed by atoms with van der Waals surface area (Å²) in [7, 11) is -3.74. The van der Waals surface area contributed by atoms with Gasteiger partial charge in [-0.1, -0.05) is 30.3 Å². The second-order valence-corrected chi connectivity index (χ2v) is 7.74. The number of phenols is 1. The van der Waals surface area contributed by atoms with Crippen molar-refractivity contribution in [3.8, 4) is 16.9 Å². The summed E-state index contributed by atoms with van der Waals surface area (Å²) in [5.74, 6) is 0.448. The molecule has 0 aliphatic heterocycles. The van der Waals surface area contributed by atoms with Crippen molar-refractivity contribution < 1.29 is 13.5 Å². The first-order valence-corrected chi connectivity index (χ1v) is 9.90. The first-order valence-electron chi connectivity index (χ1n) is 8.35. The third kappa shape index (κ3) is 3.64. The predicted molar refractivity (Wildman–Crippen MR) is 108 cm³/mol. The maximum absolute atomic E-state index is 11.3. The number of anilines is 2. The minimum Gasteiger partial charge on any atom is -0.507 e. The van der Waals surface area contributed by atoms with Gasteiger partial charge in [0.1, 0.15) is 5.75 Å². The van der Waals surface area contributed by atoms with Crippen molar-refractivity contribution in [2.75, 3.05) is 5.32 Å². The minimum absolute atomic E-state index is 0.0239. The van der Waals surface area contributed by atoms with Crippen LogP contribution in [0.25, 0.3) is 22.0 Å². The number of aromatic nitrogens is 2. The molecule has 8 heteroatoms. The molecule has 4 rings (SSSR count). The van der Waals surface area contributed by atoms with Gasteiger partial charge in [0.15, 0.2) is 0 Å². The zero-order chi connectivity index (χ0) is 19.7. The number of rotatable bonds is 4. The van der Waals surface area contributed by atoms with Crippen LogP contribution in [0.15, 0.2) is 77.8 Å². The number of hydrogen-bond donors (Lipinski definition) is 3. The van der Waals surface area contributed by atoms with E-state index in [0.29, 0.717) is 22.7 Å². The number of aromatic hydroxyl groups is 1. The first kappa shape index (κ1) is 17.9. The third-order valence-corrected chi connectivity index (χ3v) is 5.15. The van der Waals surface area contributed by atoms with Gasteiger partial charge in [-0.25, -0.2) is 23.5 Å². The summed E-state index contributed by atoms with van der Waals surface area (Å²) in [6, 6.07) is 18.9. The van der Waals surface area contributed by atoms with Crippen LogP contribution in [-0.2, 0) is 10.0 Å². The number of fused-ring (bicyclic) bond motifs is 1. The molecule has 4 aromatic rings. The molecule has 0 aliphatic rings. The molecule has 3 aromatic carbocycles. The van der Waals surface area contributed by atoms with Crippen LogP contribution in [0.1, 0.15) is 0 Å². The normalized spacial score (nSPS) is 11.5. The van der Waals surface area contributed by atoms with E-state index in [1.165, 1.54) is 12.1 Å². The molecule has 0 amide bonds. The topological polar surface area (TPSA) is 118 Å². The Morgan fingerprint density at radius 3 is 2.36 bits per heavy atom. The number of benzene rings is 3. The van der Waals surface area contributed by atoms with E-state index in [1.807, 2.05) is 36.4 Å². The summed E-state index contributed by atoms with van der Waals surface area (Å²) >= 11 is 0. The van der Waals surface area contributed by atoms with Crippen LogP contribution in [0.3, 0.4) is 0 Å². The van der Waals surface area contributed by atoms with E-state index in [1.54, 1.807) is 24.4 Å². The van der Waals surface area contributed by atoms with Crippen molar-refractivity contribution in [3.05, 3.63) is 72.9 Å². The van der Waals surface area contributed by atoms with Gasteiger partial charge in [0.25, 0.3) is 0 Å². The summed E-state index contributed by atoms with van der Waals surface area (Å²) in [6.07, 6.45) is 1.66. The number of primary sulfonamides is 1. The maximum atomic E-state index is 11.3. The van der Waals surface area contributed by atoms with Crippen molar-refractivity contribution >= 4 is 32.6 Å². The number of hydrogen-bond acceptors (Lipinski definition) is 6. The number of sulfonamides is 1. The van der Waals surface area contributed by atoms with Gasteiger partial charge in [-0.3, -0.25) is 0 Å². The van der Waals surface area contributed by atoms with Crippen molar-refractivity contribution in [3.63, 3.8) is 0 Å². The summed E-state index contributed by atoms with van der Waals surface area (Å²) in [6.45, 7) is 0. The summed E-state index contributed by atoms with van der Waals surface area (Å²) in [5, 5.41) is 19.3. The first-order chi connectivity index (χ1) is 13.4. The molecule has 7 nitrogen and oxygen atoms in total. The lowest BCUT2D eigenvalue weighted by Crippen LogP contribution is -2.11. The Labute approximate surface area is 161 Å². The molecule has 0 unspecified atom stereocenters. The molecule has 0 radical (unpaired) electrons. The van der Waals surface area contributed by atoms with Gasteiger partial charge in [0, 0.05) is 28.9 Å². The highest BCUT2D eigenvalue weighted by Gasteiger charge is 2.10. The summed E-state index contributed by atoms with van der Waals surface area (Å²) < 4.78 is 22.6. The molecule has 0 saturated carbocycles. The van der Waals surface area contributed by atoms with Crippen LogP contribution < -0.4 is 10.5 Å². The van der Waals surface area contributed by atoms with E-state index in [4.69, 9.17) is 5.14 Å². The smallest absolute Gasteiger partial charge is 0.238 e. The second-order valence-electron chi connectivity index (χ2n) is 6.18. The van der Waals surface area contributed by atoms with Crippen molar-refractivity contribution in [2.24, 2.45) is 5.14 Å². The van der Waals surface area contributed by atoms with E-state index in [-0.39, 0.29) is 10.6 Å². The summed E-state index contributed by atoms with van der Waals surface area (Å²) in [5.41, 5.74) is 2.79. The van der Waals surface area contributed by atoms with Gasteiger partial charge in [0.05, 0.1) is 10.4 Å². The molecule has 140 valence electrons. The molecule has 28 heavy (non-hydrogen) atoms. The lowest BCUT2D eigenvalue weighted by Gasteiger charge is -2.09. The van der Waals surface area contributed by atoms with Gasteiger partial charge in [-0.2, -0.15) is 0 Å². The fraction of sp³-hybridized carbons (Fsp3) is 0. The highest BCUT2D eigenvalue weighted by molar-refractivity contribution is 7.89. The Morgan fingerprint density at radius 2 is 1.68 bits per heavy atom. The molecular formula is C20H16N4O3S. The number of phenolic OH excluding ortho intramolecular Hbond substituents is 1. The van der Waals surface area contributed by atoms with E-state index in [2.05, 4.69) is 15.3 Å². The summed E-state index contributed by atoms with van der Waals surface area (Å²) in [4.78, 5) is 8.73. The van der Waals surface area contributed by atoms with Crippen molar-refractivity contribution in [1.82, 2.24) is 9.97 Å². The Hall–Kier alpha value is -3.49. The van der Waals surface area contributed by atoms with Crippen LogP contribution in [0.2, 0.25) is 0 Å². The Kier molecular flexibility index (Phi) is 4.42. The van der Waals surface area contributed by atoms with Crippen LogP contribution in [-0.4, -0.2) is 23.5 Å². The monoisotopic (exact) mass is 392 g/mol. The molecule has 1 aromatic heterocycles. The molecule has 0 spiro atoms. The molecule has 0 saturated heterocycles. The SMILES string of the molecule is NS(=O)(=O)c1ccc(Nc2ncc3cc(-c4ccccc4)c(O)cc3n2)cc1. The van der Waals surface area contributed by atoms with Crippen molar-refractivity contribution in [1.29, 1.82) is 0 Å². The van der Waals surface area contributed by atoms with E-state index >= 15 is 0 Å². The largest absolute Gasteiger partial charge is 0.507 e. The fourth-order valence-corrected chi connectivity index (χ4v) is 3.35. The zero-order valence-electron chi connectivity index (χ0n) is 14.6. The quantitative estimate of drug-likeness (QED) is 0.490. The van der Waals surface area contributed by atoms with E-state index < -0.39 is 10.0 Å². The van der Waals surface area contributed by atoms with Crippen LogP contribution in [0.4, 0.5) is 11.6 Å². The molecular weight excluding hydrogens is 376 g/mol. The Bertz CT molecular complexity index is 1260. The number of nitrogens with two attached hydrogens (primary N) is 1. The fourth-order valence-electron chi connectivity index (χ4n) is 2.83. The third-order valence-electron chi connectivity index (χ3n) is 4.22. The molecule has 0 aliphatic carbocycles. The highest BCUT2D eigenvalue weighted by Crippen LogP contribution is 2.32. The highest BCUT2D eigenvalue weighted by atomic mass is 32.2. The molecule has 4 N–H and O–H groups in total. The van der Waals surface area contributed by atoms with Gasteiger partial charge in [-0.05, 0) is 35.9 Å². The van der Waals surface area contributed by atoms with E-state index in [9.17, 15) is 13.5 Å². The van der Waals surface area contributed by atoms with Crippen molar-refractivity contribution in [2.45, 2.75) is 4.90 Å². The van der Waals surface area contributed by atoms with Gasteiger partial charge in [0.2, 0.25) is 16.0 Å². The Balaban J connectivity index is 1.65. The molecule has 0 atom stereocenters. The zero-order valence-corrected chi connectivity index (χ0v) is 15.4. The standard InChI is InChI=1S/C20H16N4O3S/c21-28(26,27)16-8-6-15(7-9-16)23-20-22-12-14-10-17(13-4-2-1-3-5-13)19(25)11-18(14)24-20/h1-12,25H,(H2,21,26,27)(H,22,23,24). The van der Waals surface area contributed by atoms with Crippen LogP contribution in [0, 0.1) is 0 Å². The Morgan fingerprint density at radius 1 is 0.964 bits per heavy atom. The molecule has 1 heterocycles. The predicted octanol–water partition coefficient (Wildman–Crippen LogP) is 3.39. The minimum atomic E-state index is -3.74. The lowest BCUT2D eigenvalue weighted by molar-refractivity contribution is 0.478. The molecule has 0 fully saturated rings. The maximum Gasteiger partial charge on any atom is 0.238 e. The number of nitrogens with zero attached hydrogens (tertiary/aromatic N) is 2. The van der Waals surface area contributed by atoms with Gasteiger partial charge < -0.3 is 10.4 Å². The average Bonchev–Trinajstić information content (AvgIpc) is 2.68. The van der Waals surface area contributed by atoms with Gasteiger partial charge in [-0.15, -0.1) is 0 Å². The van der Waals surface area contributed by atoms with Crippen LogP contribution >= 0.6 is 0 Å². The average molecular weight is 392 g/mol. The number of nitrogens with one attached hydrogen (secondary N) is 1. The lowest BCUT2D eigenvalue weighted by atomic mass is 10.0. The van der Waals surface area contributed by atoms with Gasteiger partial charge >= 0.3 is 0 Å². The van der Waals surface area contributed by atoms with Crippen LogP contribution in [0.5, 0.6) is 5.75 Å².